The van der Waals surface area contributed by atoms with Gasteiger partial charge in [-0.2, -0.15) is 0 Å². The Morgan fingerprint density at radius 2 is 2.00 bits per heavy atom. The summed E-state index contributed by atoms with van der Waals surface area (Å²) < 4.78 is 27.0. The van der Waals surface area contributed by atoms with Crippen LogP contribution in [-0.2, 0) is 10.0 Å². The summed E-state index contributed by atoms with van der Waals surface area (Å²) in [5, 5.41) is 3.30. The Bertz CT molecular complexity index is 364. The number of piperidine rings is 1. The van der Waals surface area contributed by atoms with Crippen LogP contribution in [0.3, 0.4) is 0 Å². The third kappa shape index (κ3) is 5.40. The predicted octanol–water partition coefficient (Wildman–Crippen LogP) is 1.87. The van der Waals surface area contributed by atoms with Crippen molar-refractivity contribution in [3.05, 3.63) is 0 Å². The monoisotopic (exact) mass is 288 g/mol. The summed E-state index contributed by atoms with van der Waals surface area (Å²) in [5.41, 5.74) is 0. The van der Waals surface area contributed by atoms with Crippen molar-refractivity contribution in [2.24, 2.45) is 11.8 Å². The minimum Gasteiger partial charge on any atom is -0.313 e. The van der Waals surface area contributed by atoms with E-state index in [0.29, 0.717) is 12.5 Å². The Kier molecular flexibility index (Phi) is 5.66. The van der Waals surface area contributed by atoms with Gasteiger partial charge in [-0.3, -0.25) is 0 Å². The highest BCUT2D eigenvalue weighted by molar-refractivity contribution is 7.89. The molecule has 2 N–H and O–H groups in total. The molecule has 0 aromatic heterocycles. The second kappa shape index (κ2) is 7.04. The fourth-order valence-corrected chi connectivity index (χ4v) is 4.80. The quantitative estimate of drug-likeness (QED) is 0.812. The van der Waals surface area contributed by atoms with E-state index in [2.05, 4.69) is 17.0 Å². The summed E-state index contributed by atoms with van der Waals surface area (Å²) >= 11 is 0. The third-order valence-electron chi connectivity index (χ3n) is 4.47. The molecule has 1 aliphatic carbocycles. The SMILES string of the molecule is CC1CCCC(CNS(=O)(=O)CC2CCCCN2)C1. The Morgan fingerprint density at radius 3 is 2.68 bits per heavy atom. The molecule has 3 unspecified atom stereocenters. The first-order valence-corrected chi connectivity index (χ1v) is 9.41. The van der Waals surface area contributed by atoms with Crippen LogP contribution in [0.1, 0.15) is 51.9 Å². The maximum atomic E-state index is 12.1. The van der Waals surface area contributed by atoms with Crippen LogP contribution in [0.5, 0.6) is 0 Å². The number of rotatable bonds is 5. The largest absolute Gasteiger partial charge is 0.313 e. The molecule has 1 saturated heterocycles. The third-order valence-corrected chi connectivity index (χ3v) is 5.92. The summed E-state index contributed by atoms with van der Waals surface area (Å²) in [6, 6.07) is 0.150. The van der Waals surface area contributed by atoms with Crippen LogP contribution in [0.4, 0.5) is 0 Å². The Hall–Kier alpha value is -0.130. The molecule has 0 bridgehead atoms. The molecule has 19 heavy (non-hydrogen) atoms. The average Bonchev–Trinajstić information content (AvgIpc) is 2.37. The molecule has 2 rings (SSSR count). The lowest BCUT2D eigenvalue weighted by atomic mass is 9.83. The molecule has 1 saturated carbocycles. The fourth-order valence-electron chi connectivity index (χ4n) is 3.38. The lowest BCUT2D eigenvalue weighted by Crippen LogP contribution is -2.43. The summed E-state index contributed by atoms with van der Waals surface area (Å²) in [7, 11) is -3.11. The van der Waals surface area contributed by atoms with Crippen LogP contribution in [0.2, 0.25) is 0 Å². The molecular formula is C14H28N2O2S. The molecule has 1 aliphatic heterocycles. The number of nitrogens with one attached hydrogen (secondary N) is 2. The van der Waals surface area contributed by atoms with Gasteiger partial charge in [0.15, 0.2) is 0 Å². The van der Waals surface area contributed by atoms with E-state index < -0.39 is 10.0 Å². The molecule has 5 heteroatoms. The minimum atomic E-state index is -3.11. The molecule has 0 amide bonds. The van der Waals surface area contributed by atoms with Crippen molar-refractivity contribution in [1.29, 1.82) is 0 Å². The molecule has 112 valence electrons. The average molecular weight is 288 g/mol. The fraction of sp³-hybridized carbons (Fsp3) is 1.00. The highest BCUT2D eigenvalue weighted by Crippen LogP contribution is 2.28. The van der Waals surface area contributed by atoms with E-state index in [1.165, 1.54) is 32.1 Å². The maximum absolute atomic E-state index is 12.1. The maximum Gasteiger partial charge on any atom is 0.213 e. The smallest absolute Gasteiger partial charge is 0.213 e. The standard InChI is InChI=1S/C14H28N2O2S/c1-12-5-4-6-13(9-12)10-16-19(17,18)11-14-7-2-3-8-15-14/h12-16H,2-11H2,1H3. The van der Waals surface area contributed by atoms with Gasteiger partial charge in [-0.25, -0.2) is 13.1 Å². The molecular weight excluding hydrogens is 260 g/mol. The second-order valence-corrected chi connectivity index (χ2v) is 8.27. The lowest BCUT2D eigenvalue weighted by molar-refractivity contribution is 0.283. The topological polar surface area (TPSA) is 58.2 Å². The van der Waals surface area contributed by atoms with Gasteiger partial charge in [-0.15, -0.1) is 0 Å². The van der Waals surface area contributed by atoms with Crippen molar-refractivity contribution in [3.8, 4) is 0 Å². The molecule has 1 heterocycles. The van der Waals surface area contributed by atoms with E-state index in [9.17, 15) is 8.42 Å². The van der Waals surface area contributed by atoms with E-state index in [1.54, 1.807) is 0 Å². The van der Waals surface area contributed by atoms with Crippen LogP contribution < -0.4 is 10.0 Å². The van der Waals surface area contributed by atoms with Gasteiger partial charge in [0.2, 0.25) is 10.0 Å². The second-order valence-electron chi connectivity index (χ2n) is 6.41. The molecule has 2 fully saturated rings. The Balaban J connectivity index is 1.73. The first-order valence-electron chi connectivity index (χ1n) is 7.76. The summed E-state index contributed by atoms with van der Waals surface area (Å²) in [6.45, 7) is 3.87. The van der Waals surface area contributed by atoms with Crippen molar-refractivity contribution >= 4 is 10.0 Å². The van der Waals surface area contributed by atoms with Crippen molar-refractivity contribution in [1.82, 2.24) is 10.0 Å². The first kappa shape index (κ1) is 15.3. The highest BCUT2D eigenvalue weighted by Gasteiger charge is 2.23. The lowest BCUT2D eigenvalue weighted by Gasteiger charge is -2.27. The van der Waals surface area contributed by atoms with Crippen molar-refractivity contribution in [2.75, 3.05) is 18.8 Å². The zero-order chi connectivity index (χ0) is 13.7. The number of hydrogen-bond donors (Lipinski definition) is 2. The first-order chi connectivity index (χ1) is 9.05. The van der Waals surface area contributed by atoms with E-state index in [4.69, 9.17) is 0 Å². The molecule has 3 atom stereocenters. The van der Waals surface area contributed by atoms with Crippen molar-refractivity contribution in [3.63, 3.8) is 0 Å². The Labute approximate surface area is 117 Å². The van der Waals surface area contributed by atoms with Crippen LogP contribution in [0, 0.1) is 11.8 Å². The minimum absolute atomic E-state index is 0.150. The van der Waals surface area contributed by atoms with Gasteiger partial charge in [0.05, 0.1) is 5.75 Å². The summed E-state index contributed by atoms with van der Waals surface area (Å²) in [5.74, 6) is 1.54. The van der Waals surface area contributed by atoms with Crippen molar-refractivity contribution < 1.29 is 8.42 Å². The van der Waals surface area contributed by atoms with Gasteiger partial charge in [0.1, 0.15) is 0 Å². The van der Waals surface area contributed by atoms with Gasteiger partial charge >= 0.3 is 0 Å². The van der Waals surface area contributed by atoms with E-state index >= 15 is 0 Å². The molecule has 0 aromatic rings. The van der Waals surface area contributed by atoms with Gasteiger partial charge < -0.3 is 5.32 Å². The van der Waals surface area contributed by atoms with Gasteiger partial charge in [0, 0.05) is 12.6 Å². The van der Waals surface area contributed by atoms with Gasteiger partial charge in [0.25, 0.3) is 0 Å². The normalized spacial score (nSPS) is 33.2. The van der Waals surface area contributed by atoms with Crippen LogP contribution in [0.25, 0.3) is 0 Å². The Morgan fingerprint density at radius 1 is 1.16 bits per heavy atom. The van der Waals surface area contributed by atoms with Gasteiger partial charge in [-0.05, 0) is 44.1 Å². The van der Waals surface area contributed by atoms with Crippen LogP contribution >= 0.6 is 0 Å². The van der Waals surface area contributed by atoms with Crippen LogP contribution in [-0.4, -0.2) is 33.3 Å². The van der Waals surface area contributed by atoms with E-state index in [1.807, 2.05) is 0 Å². The number of sulfonamides is 1. The van der Waals surface area contributed by atoms with Gasteiger partial charge in [-0.1, -0.05) is 26.2 Å². The molecule has 0 spiro atoms. The molecule has 2 aliphatic rings. The summed E-state index contributed by atoms with van der Waals surface area (Å²) in [4.78, 5) is 0. The summed E-state index contributed by atoms with van der Waals surface area (Å²) in [6.07, 6.45) is 8.20. The molecule has 0 aromatic carbocycles. The van der Waals surface area contributed by atoms with E-state index in [-0.39, 0.29) is 11.8 Å². The zero-order valence-corrected chi connectivity index (χ0v) is 12.8. The van der Waals surface area contributed by atoms with E-state index in [0.717, 1.165) is 25.3 Å². The highest BCUT2D eigenvalue weighted by atomic mass is 32.2. The molecule has 0 radical (unpaired) electrons. The molecule has 4 nitrogen and oxygen atoms in total. The zero-order valence-electron chi connectivity index (χ0n) is 12.0. The van der Waals surface area contributed by atoms with Crippen molar-refractivity contribution in [2.45, 2.75) is 57.9 Å². The predicted molar refractivity (Wildman–Crippen MR) is 78.6 cm³/mol. The number of hydrogen-bond acceptors (Lipinski definition) is 3. The van der Waals surface area contributed by atoms with Crippen LogP contribution in [0.15, 0.2) is 0 Å².